The SMILES string of the molecule is CCCc1nc(COc2ccccc2)sc1C(=O)O. The van der Waals surface area contributed by atoms with E-state index < -0.39 is 5.97 Å². The van der Waals surface area contributed by atoms with E-state index in [0.29, 0.717) is 28.6 Å². The van der Waals surface area contributed by atoms with E-state index in [9.17, 15) is 4.79 Å². The lowest BCUT2D eigenvalue weighted by molar-refractivity contribution is 0.0700. The van der Waals surface area contributed by atoms with E-state index in [2.05, 4.69) is 4.98 Å². The highest BCUT2D eigenvalue weighted by atomic mass is 32.1. The van der Waals surface area contributed by atoms with Gasteiger partial charge in [-0.25, -0.2) is 9.78 Å². The summed E-state index contributed by atoms with van der Waals surface area (Å²) in [5, 5.41) is 9.82. The van der Waals surface area contributed by atoms with Gasteiger partial charge >= 0.3 is 5.97 Å². The minimum atomic E-state index is -0.910. The van der Waals surface area contributed by atoms with Crippen molar-refractivity contribution >= 4 is 17.3 Å². The summed E-state index contributed by atoms with van der Waals surface area (Å²) in [6, 6.07) is 9.42. The number of rotatable bonds is 6. The van der Waals surface area contributed by atoms with Gasteiger partial charge in [-0.3, -0.25) is 0 Å². The number of carbonyl (C=O) groups is 1. The van der Waals surface area contributed by atoms with Crippen LogP contribution in [0.1, 0.15) is 33.7 Å². The van der Waals surface area contributed by atoms with E-state index >= 15 is 0 Å². The summed E-state index contributed by atoms with van der Waals surface area (Å²) < 4.78 is 5.57. The molecule has 2 aromatic rings. The number of ether oxygens (including phenoxy) is 1. The van der Waals surface area contributed by atoms with Crippen LogP contribution in [0.4, 0.5) is 0 Å². The van der Waals surface area contributed by atoms with Crippen LogP contribution in [0.2, 0.25) is 0 Å². The minimum Gasteiger partial charge on any atom is -0.486 e. The molecule has 0 fully saturated rings. The molecule has 0 spiro atoms. The molecule has 0 atom stereocenters. The predicted octanol–water partition coefficient (Wildman–Crippen LogP) is 3.37. The van der Waals surface area contributed by atoms with Gasteiger partial charge in [-0.2, -0.15) is 0 Å². The maximum absolute atomic E-state index is 11.1. The Bertz CT molecular complexity index is 551. The van der Waals surface area contributed by atoms with Crippen molar-refractivity contribution in [2.75, 3.05) is 0 Å². The molecule has 0 aliphatic carbocycles. The van der Waals surface area contributed by atoms with Crippen molar-refractivity contribution in [3.05, 3.63) is 45.9 Å². The predicted molar refractivity (Wildman–Crippen MR) is 73.8 cm³/mol. The largest absolute Gasteiger partial charge is 0.486 e. The zero-order chi connectivity index (χ0) is 13.7. The second kappa shape index (κ2) is 6.33. The molecule has 0 aliphatic rings. The van der Waals surface area contributed by atoms with Gasteiger partial charge in [0.1, 0.15) is 22.2 Å². The van der Waals surface area contributed by atoms with E-state index in [1.165, 1.54) is 11.3 Å². The van der Waals surface area contributed by atoms with Gasteiger partial charge in [-0.15, -0.1) is 11.3 Å². The van der Waals surface area contributed by atoms with Gasteiger partial charge in [0.2, 0.25) is 0 Å². The molecule has 0 amide bonds. The normalized spacial score (nSPS) is 10.4. The Morgan fingerprint density at radius 1 is 1.37 bits per heavy atom. The molecular formula is C14H15NO3S. The highest BCUT2D eigenvalue weighted by molar-refractivity contribution is 7.13. The maximum atomic E-state index is 11.1. The van der Waals surface area contributed by atoms with E-state index in [1.54, 1.807) is 0 Å². The topological polar surface area (TPSA) is 59.4 Å². The van der Waals surface area contributed by atoms with Crippen molar-refractivity contribution < 1.29 is 14.6 Å². The quantitative estimate of drug-likeness (QED) is 0.879. The summed E-state index contributed by atoms with van der Waals surface area (Å²) in [6.45, 7) is 2.31. The Labute approximate surface area is 115 Å². The fraction of sp³-hybridized carbons (Fsp3) is 0.286. The Morgan fingerprint density at radius 2 is 2.11 bits per heavy atom. The molecular weight excluding hydrogens is 262 g/mol. The number of hydrogen-bond acceptors (Lipinski definition) is 4. The lowest BCUT2D eigenvalue weighted by Gasteiger charge is -2.02. The second-order valence-corrected chi connectivity index (χ2v) is 5.12. The molecule has 1 heterocycles. The molecule has 5 heteroatoms. The maximum Gasteiger partial charge on any atom is 0.347 e. The molecule has 1 aromatic carbocycles. The van der Waals surface area contributed by atoms with E-state index in [1.807, 2.05) is 37.3 Å². The average Bonchev–Trinajstić information content (AvgIpc) is 2.81. The van der Waals surface area contributed by atoms with Crippen LogP contribution in [0, 0.1) is 0 Å². The first-order valence-corrected chi connectivity index (χ1v) is 6.92. The molecule has 1 aromatic heterocycles. The van der Waals surface area contributed by atoms with Crippen molar-refractivity contribution in [2.45, 2.75) is 26.4 Å². The molecule has 0 saturated heterocycles. The van der Waals surface area contributed by atoms with Crippen LogP contribution >= 0.6 is 11.3 Å². The Hall–Kier alpha value is -1.88. The molecule has 0 bridgehead atoms. The lowest BCUT2D eigenvalue weighted by atomic mass is 10.2. The molecule has 0 aliphatic heterocycles. The monoisotopic (exact) mass is 277 g/mol. The van der Waals surface area contributed by atoms with E-state index in [-0.39, 0.29) is 0 Å². The third-order valence-corrected chi connectivity index (χ3v) is 3.59. The average molecular weight is 277 g/mol. The Morgan fingerprint density at radius 3 is 2.74 bits per heavy atom. The molecule has 0 unspecified atom stereocenters. The third-order valence-electron chi connectivity index (χ3n) is 2.53. The van der Waals surface area contributed by atoms with Crippen LogP contribution in [0.3, 0.4) is 0 Å². The number of aromatic carboxylic acids is 1. The number of nitrogens with zero attached hydrogens (tertiary/aromatic N) is 1. The van der Waals surface area contributed by atoms with Gasteiger partial charge in [-0.1, -0.05) is 31.5 Å². The fourth-order valence-corrected chi connectivity index (χ4v) is 2.56. The standard InChI is InChI=1S/C14H15NO3S/c1-2-6-11-13(14(16)17)19-12(15-11)9-18-10-7-4-3-5-8-10/h3-5,7-8H,2,6,9H2,1H3,(H,16,17). The third kappa shape index (κ3) is 3.54. The molecule has 0 saturated carbocycles. The number of benzene rings is 1. The first-order valence-electron chi connectivity index (χ1n) is 6.10. The summed E-state index contributed by atoms with van der Waals surface area (Å²) in [4.78, 5) is 15.8. The summed E-state index contributed by atoms with van der Waals surface area (Å²) in [7, 11) is 0. The van der Waals surface area contributed by atoms with Gasteiger partial charge in [0.25, 0.3) is 0 Å². The van der Waals surface area contributed by atoms with Crippen LogP contribution in [0.15, 0.2) is 30.3 Å². The Kier molecular flexibility index (Phi) is 4.52. The van der Waals surface area contributed by atoms with Crippen molar-refractivity contribution in [1.82, 2.24) is 4.98 Å². The highest BCUT2D eigenvalue weighted by Crippen LogP contribution is 2.21. The summed E-state index contributed by atoms with van der Waals surface area (Å²) >= 11 is 1.19. The van der Waals surface area contributed by atoms with Crippen LogP contribution < -0.4 is 4.74 Å². The number of hydrogen-bond donors (Lipinski definition) is 1. The molecule has 0 radical (unpaired) electrons. The number of para-hydroxylation sites is 1. The van der Waals surface area contributed by atoms with Crippen LogP contribution in [0.25, 0.3) is 0 Å². The molecule has 2 rings (SSSR count). The van der Waals surface area contributed by atoms with Crippen LogP contribution in [-0.4, -0.2) is 16.1 Å². The smallest absolute Gasteiger partial charge is 0.347 e. The lowest BCUT2D eigenvalue weighted by Crippen LogP contribution is -1.98. The Balaban J connectivity index is 2.08. The molecule has 1 N–H and O–H groups in total. The highest BCUT2D eigenvalue weighted by Gasteiger charge is 2.16. The van der Waals surface area contributed by atoms with Gasteiger partial charge in [0.05, 0.1) is 5.69 Å². The number of thiazole rings is 1. The zero-order valence-corrected chi connectivity index (χ0v) is 11.4. The number of aromatic nitrogens is 1. The van der Waals surface area contributed by atoms with E-state index in [0.717, 1.165) is 12.2 Å². The van der Waals surface area contributed by atoms with Gasteiger partial charge in [0, 0.05) is 0 Å². The van der Waals surface area contributed by atoms with Crippen LogP contribution in [-0.2, 0) is 13.0 Å². The molecule has 100 valence electrons. The minimum absolute atomic E-state index is 0.304. The second-order valence-electron chi connectivity index (χ2n) is 4.04. The van der Waals surface area contributed by atoms with Crippen molar-refractivity contribution in [3.8, 4) is 5.75 Å². The van der Waals surface area contributed by atoms with Crippen molar-refractivity contribution in [1.29, 1.82) is 0 Å². The summed E-state index contributed by atoms with van der Waals surface area (Å²) in [6.07, 6.45) is 1.56. The number of carboxylic acid groups (broad SMARTS) is 1. The van der Waals surface area contributed by atoms with Crippen molar-refractivity contribution in [3.63, 3.8) is 0 Å². The van der Waals surface area contributed by atoms with Gasteiger partial charge in [0.15, 0.2) is 0 Å². The number of aryl methyl sites for hydroxylation is 1. The molecule has 4 nitrogen and oxygen atoms in total. The summed E-state index contributed by atoms with van der Waals surface area (Å²) in [5.74, 6) is -0.154. The zero-order valence-electron chi connectivity index (χ0n) is 10.6. The van der Waals surface area contributed by atoms with E-state index in [4.69, 9.17) is 9.84 Å². The fourth-order valence-electron chi connectivity index (χ4n) is 1.70. The van der Waals surface area contributed by atoms with Crippen LogP contribution in [0.5, 0.6) is 5.75 Å². The molecule has 19 heavy (non-hydrogen) atoms. The van der Waals surface area contributed by atoms with Crippen molar-refractivity contribution in [2.24, 2.45) is 0 Å². The van der Waals surface area contributed by atoms with Gasteiger partial charge < -0.3 is 9.84 Å². The first-order chi connectivity index (χ1) is 9.20. The number of carboxylic acids is 1. The first kappa shape index (κ1) is 13.5. The summed E-state index contributed by atoms with van der Waals surface area (Å²) in [5.41, 5.74) is 0.659. The van der Waals surface area contributed by atoms with Gasteiger partial charge in [-0.05, 0) is 18.6 Å².